The molecule has 1 aromatic heterocycles. The van der Waals surface area contributed by atoms with Gasteiger partial charge in [0.2, 0.25) is 5.91 Å². The van der Waals surface area contributed by atoms with E-state index in [1.165, 1.54) is 17.4 Å². The van der Waals surface area contributed by atoms with E-state index in [0.717, 1.165) is 5.56 Å². The number of likely N-dealkylation sites (tertiary alicyclic amines) is 1. The summed E-state index contributed by atoms with van der Waals surface area (Å²) in [5, 5.41) is 13.0. The van der Waals surface area contributed by atoms with E-state index < -0.39 is 17.4 Å². The van der Waals surface area contributed by atoms with Crippen molar-refractivity contribution < 1.29 is 23.9 Å². The molecule has 3 atom stereocenters. The quantitative estimate of drug-likeness (QED) is 0.116. The molecule has 0 radical (unpaired) electrons. The van der Waals surface area contributed by atoms with E-state index in [0.29, 0.717) is 85.2 Å². The number of rotatable bonds is 9. The normalized spacial score (nSPS) is 19.3. The molecule has 52 heavy (non-hydrogen) atoms. The van der Waals surface area contributed by atoms with Crippen molar-refractivity contribution in [1.82, 2.24) is 10.2 Å². The van der Waals surface area contributed by atoms with Gasteiger partial charge < -0.3 is 36.9 Å². The number of ketones is 1. The summed E-state index contributed by atoms with van der Waals surface area (Å²) >= 11 is 1.18. The largest absolute Gasteiger partial charge is 0.488 e. The SMILES string of the molecule is C=CC(=O)N1CCC(NC(=O)c2sc3c(N)ccc4c3c2C(N)C(=O)C4(N)c2ccc(Oc3cccc(COc4ccccc4C#N)c3)cc2C)C1. The van der Waals surface area contributed by atoms with Gasteiger partial charge in [-0.3, -0.25) is 14.4 Å². The number of carbonyl (C=O) groups is 3. The number of hydrogen-bond acceptors (Lipinski definition) is 10. The minimum Gasteiger partial charge on any atom is -0.488 e. The standard InChI is InChI=1S/C40H36N6O5S/c1-3-32(47)46-16-15-25(20-46)45-39(49)37-34-33-29(13-14-30(42)36(33)52-37)40(44,38(48)35(34)43)28-12-11-27(17-22(28)2)51-26-9-6-7-23(18-26)21-50-31-10-5-4-8-24(31)19-41/h3-14,17-18,25,35H,1,15-16,20-21,42-44H2,2H3,(H,45,49). The molecule has 1 aliphatic heterocycles. The van der Waals surface area contributed by atoms with Crippen molar-refractivity contribution in [3.63, 3.8) is 0 Å². The van der Waals surface area contributed by atoms with Crippen molar-refractivity contribution in [2.45, 2.75) is 37.6 Å². The van der Waals surface area contributed by atoms with Crippen LogP contribution < -0.4 is 32.0 Å². The molecular formula is C40H36N6O5S. The maximum atomic E-state index is 14.4. The Morgan fingerprint density at radius 3 is 2.63 bits per heavy atom. The second-order valence-electron chi connectivity index (χ2n) is 13.0. The van der Waals surface area contributed by atoms with Crippen LogP contribution in [0.4, 0.5) is 5.69 Å². The third kappa shape index (κ3) is 5.94. The van der Waals surface area contributed by atoms with Gasteiger partial charge in [-0.15, -0.1) is 11.3 Å². The van der Waals surface area contributed by atoms with Crippen molar-refractivity contribution in [2.75, 3.05) is 18.8 Å². The van der Waals surface area contributed by atoms with Crippen LogP contribution in [0.25, 0.3) is 10.1 Å². The lowest BCUT2D eigenvalue weighted by molar-refractivity contribution is -0.125. The number of anilines is 1. The van der Waals surface area contributed by atoms with Gasteiger partial charge in [0.1, 0.15) is 35.5 Å². The number of aryl methyl sites for hydroxylation is 1. The predicted molar refractivity (Wildman–Crippen MR) is 199 cm³/mol. The van der Waals surface area contributed by atoms with Gasteiger partial charge in [0, 0.05) is 35.8 Å². The number of amides is 2. The number of nitrogen functional groups attached to an aromatic ring is 1. The summed E-state index contributed by atoms with van der Waals surface area (Å²) in [5.74, 6) is 0.580. The third-order valence-corrected chi connectivity index (χ3v) is 10.9. The third-order valence-electron chi connectivity index (χ3n) is 9.69. The number of ether oxygens (including phenoxy) is 2. The Labute approximate surface area is 304 Å². The Morgan fingerprint density at radius 1 is 1.10 bits per heavy atom. The van der Waals surface area contributed by atoms with Crippen molar-refractivity contribution in [1.29, 1.82) is 5.26 Å². The molecule has 2 amide bonds. The number of nitrogens with one attached hydrogen (secondary N) is 1. The second-order valence-corrected chi connectivity index (χ2v) is 14.0. The Balaban J connectivity index is 1.16. The van der Waals surface area contributed by atoms with Gasteiger partial charge in [-0.1, -0.05) is 43.0 Å². The van der Waals surface area contributed by atoms with Crippen LogP contribution in [0.1, 0.15) is 55.5 Å². The molecule has 7 rings (SSSR count). The maximum Gasteiger partial charge on any atom is 0.262 e. The lowest BCUT2D eigenvalue weighted by atomic mass is 9.69. The molecule has 5 aromatic rings. The van der Waals surface area contributed by atoms with E-state index in [2.05, 4.69) is 18.0 Å². The van der Waals surface area contributed by atoms with Gasteiger partial charge in [0.05, 0.1) is 21.2 Å². The summed E-state index contributed by atoms with van der Waals surface area (Å²) in [7, 11) is 0. The van der Waals surface area contributed by atoms with Gasteiger partial charge >= 0.3 is 0 Å². The number of hydrogen-bond donors (Lipinski definition) is 4. The molecule has 3 unspecified atom stereocenters. The van der Waals surface area contributed by atoms with Crippen LogP contribution >= 0.6 is 11.3 Å². The summed E-state index contributed by atoms with van der Waals surface area (Å²) in [6, 6.07) is 23.9. The van der Waals surface area contributed by atoms with Crippen LogP contribution in [0.2, 0.25) is 0 Å². The highest BCUT2D eigenvalue weighted by Gasteiger charge is 2.49. The van der Waals surface area contributed by atoms with Gasteiger partial charge in [-0.2, -0.15) is 5.26 Å². The molecule has 7 N–H and O–H groups in total. The molecular weight excluding hydrogens is 677 g/mol. The molecule has 2 aliphatic rings. The van der Waals surface area contributed by atoms with E-state index in [9.17, 15) is 19.6 Å². The highest BCUT2D eigenvalue weighted by molar-refractivity contribution is 7.21. The Hall–Kier alpha value is -6.00. The topological polar surface area (TPSA) is 187 Å². The first-order valence-electron chi connectivity index (χ1n) is 16.7. The van der Waals surface area contributed by atoms with Crippen LogP contribution in [0, 0.1) is 18.3 Å². The molecule has 0 saturated carbocycles. The fourth-order valence-electron chi connectivity index (χ4n) is 7.11. The van der Waals surface area contributed by atoms with E-state index in [1.54, 1.807) is 47.4 Å². The monoisotopic (exact) mass is 712 g/mol. The van der Waals surface area contributed by atoms with Crippen molar-refractivity contribution in [3.05, 3.63) is 130 Å². The van der Waals surface area contributed by atoms with E-state index in [1.807, 2.05) is 43.3 Å². The minimum absolute atomic E-state index is 0.191. The molecule has 0 bridgehead atoms. The fourth-order valence-corrected chi connectivity index (χ4v) is 8.31. The molecule has 0 spiro atoms. The Bertz CT molecular complexity index is 2330. The molecule has 4 aromatic carbocycles. The molecule has 1 fully saturated rings. The lowest BCUT2D eigenvalue weighted by Crippen LogP contribution is -2.53. The summed E-state index contributed by atoms with van der Waals surface area (Å²) in [5.41, 5.74) is 22.6. The zero-order valence-corrected chi connectivity index (χ0v) is 29.2. The highest BCUT2D eigenvalue weighted by atomic mass is 32.1. The summed E-state index contributed by atoms with van der Waals surface area (Å²) in [6.07, 6.45) is 1.85. The smallest absolute Gasteiger partial charge is 0.262 e. The second kappa shape index (κ2) is 13.6. The minimum atomic E-state index is -1.64. The number of nitriles is 1. The van der Waals surface area contributed by atoms with E-state index in [4.69, 9.17) is 26.7 Å². The fraction of sp³-hybridized carbons (Fsp3) is 0.200. The van der Waals surface area contributed by atoms with Gasteiger partial charge in [0.15, 0.2) is 5.78 Å². The van der Waals surface area contributed by atoms with Crippen LogP contribution in [-0.4, -0.2) is 41.6 Å². The van der Waals surface area contributed by atoms with Crippen LogP contribution in [0.3, 0.4) is 0 Å². The average Bonchev–Trinajstić information content (AvgIpc) is 3.79. The van der Waals surface area contributed by atoms with Gasteiger partial charge in [-0.05, 0) is 84.1 Å². The van der Waals surface area contributed by atoms with Crippen molar-refractivity contribution >= 4 is 44.7 Å². The molecule has 1 aliphatic carbocycles. The molecule has 1 saturated heterocycles. The molecule has 12 heteroatoms. The summed E-state index contributed by atoms with van der Waals surface area (Å²) in [4.78, 5) is 42.1. The van der Waals surface area contributed by atoms with Crippen molar-refractivity contribution in [2.24, 2.45) is 11.5 Å². The number of nitrogens with two attached hydrogens (primary N) is 3. The van der Waals surface area contributed by atoms with Crippen LogP contribution in [0.5, 0.6) is 17.2 Å². The van der Waals surface area contributed by atoms with Gasteiger partial charge in [-0.25, -0.2) is 0 Å². The number of benzene rings is 4. The highest BCUT2D eigenvalue weighted by Crippen LogP contribution is 2.50. The average molecular weight is 713 g/mol. The number of para-hydroxylation sites is 1. The Kier molecular flexibility index (Phi) is 9.02. The van der Waals surface area contributed by atoms with E-state index in [-0.39, 0.29) is 24.5 Å². The number of nitrogens with zero attached hydrogens (tertiary/aromatic N) is 2. The molecule has 2 heterocycles. The Morgan fingerprint density at radius 2 is 1.87 bits per heavy atom. The van der Waals surface area contributed by atoms with Gasteiger partial charge in [0.25, 0.3) is 5.91 Å². The number of carbonyl (C=O) groups excluding carboxylic acids is 3. The first kappa shape index (κ1) is 34.4. The van der Waals surface area contributed by atoms with Crippen molar-refractivity contribution in [3.8, 4) is 23.3 Å². The first-order valence-corrected chi connectivity index (χ1v) is 17.5. The van der Waals surface area contributed by atoms with E-state index >= 15 is 0 Å². The zero-order chi connectivity index (χ0) is 36.7. The summed E-state index contributed by atoms with van der Waals surface area (Å²) < 4.78 is 12.7. The maximum absolute atomic E-state index is 14.4. The number of Topliss-reactive ketones (excluding diaryl/α,β-unsaturated/α-hetero) is 1. The lowest BCUT2D eigenvalue weighted by Gasteiger charge is -2.37. The predicted octanol–water partition coefficient (Wildman–Crippen LogP) is 5.34. The molecule has 11 nitrogen and oxygen atoms in total. The number of thiophene rings is 1. The summed E-state index contributed by atoms with van der Waals surface area (Å²) in [6.45, 7) is 6.50. The van der Waals surface area contributed by atoms with Crippen LogP contribution in [-0.2, 0) is 21.7 Å². The van der Waals surface area contributed by atoms with Crippen LogP contribution in [0.15, 0.2) is 91.5 Å². The molecule has 262 valence electrons. The first-order chi connectivity index (χ1) is 25.0. The zero-order valence-electron chi connectivity index (χ0n) is 28.3.